The summed E-state index contributed by atoms with van der Waals surface area (Å²) in [5, 5.41) is 3.26. The van der Waals surface area contributed by atoms with Gasteiger partial charge in [0.2, 0.25) is 5.95 Å². The molecule has 17 heavy (non-hydrogen) atoms. The van der Waals surface area contributed by atoms with Crippen LogP contribution in [-0.2, 0) is 10.8 Å². The number of nitrogens with two attached hydrogens (primary N) is 2. The highest BCUT2D eigenvalue weighted by Gasteiger charge is 2.18. The minimum atomic E-state index is -0.659. The molecule has 0 radical (unpaired) electrons. The average Bonchev–Trinajstić information content (AvgIpc) is 2.31. The summed E-state index contributed by atoms with van der Waals surface area (Å²) in [6.45, 7) is 0. The van der Waals surface area contributed by atoms with Crippen molar-refractivity contribution in [1.82, 2.24) is 9.97 Å². The van der Waals surface area contributed by atoms with Crippen molar-refractivity contribution < 1.29 is 4.21 Å². The van der Waals surface area contributed by atoms with Gasteiger partial charge in [-0.15, -0.1) is 0 Å². The number of nitrogens with zero attached hydrogens (tertiary/aromatic N) is 2. The van der Waals surface area contributed by atoms with Gasteiger partial charge >= 0.3 is 0 Å². The van der Waals surface area contributed by atoms with Crippen LogP contribution in [0.2, 0.25) is 0 Å². The van der Waals surface area contributed by atoms with Crippen LogP contribution in [0.5, 0.6) is 0 Å². The van der Waals surface area contributed by atoms with E-state index in [0.717, 1.165) is 24.3 Å². The van der Waals surface area contributed by atoms with Crippen molar-refractivity contribution in [2.24, 2.45) is 5.84 Å². The molecule has 0 spiro atoms. The smallest absolute Gasteiger partial charge is 0.223 e. The molecule has 0 unspecified atom stereocenters. The number of hydrogen-bond donors (Lipinski definition) is 4. The van der Waals surface area contributed by atoms with E-state index in [9.17, 15) is 4.21 Å². The first-order chi connectivity index (χ1) is 8.17. The molecular formula is C9H16N6OS. The van der Waals surface area contributed by atoms with Gasteiger partial charge in [-0.1, -0.05) is 0 Å². The average molecular weight is 256 g/mol. The molecule has 0 atom stereocenters. The maximum Gasteiger partial charge on any atom is 0.223 e. The molecule has 1 fully saturated rings. The van der Waals surface area contributed by atoms with E-state index in [2.05, 4.69) is 20.7 Å². The molecular weight excluding hydrogens is 240 g/mol. The van der Waals surface area contributed by atoms with Gasteiger partial charge in [-0.05, 0) is 12.8 Å². The molecule has 8 heteroatoms. The lowest BCUT2D eigenvalue weighted by atomic mass is 10.1. The first-order valence-electron chi connectivity index (χ1n) is 5.40. The molecule has 1 aromatic heterocycles. The van der Waals surface area contributed by atoms with Gasteiger partial charge in [0.15, 0.2) is 0 Å². The van der Waals surface area contributed by atoms with Gasteiger partial charge in [0.05, 0.1) is 0 Å². The lowest BCUT2D eigenvalue weighted by Crippen LogP contribution is -2.29. The summed E-state index contributed by atoms with van der Waals surface area (Å²) >= 11 is 0. The standard InChI is InChI=1S/C9H16N6OS/c10-9-13-7(5-8(14-9)15-11)12-6-1-3-17(16)4-2-6/h5-6H,1-4,11H2,(H4,10,12,13,14,15). The molecule has 2 heterocycles. The molecule has 0 aliphatic carbocycles. The predicted octanol–water partition coefficient (Wildman–Crippen LogP) is -0.333. The van der Waals surface area contributed by atoms with E-state index in [-0.39, 0.29) is 12.0 Å². The molecule has 1 saturated heterocycles. The van der Waals surface area contributed by atoms with Crippen molar-refractivity contribution in [2.75, 3.05) is 28.0 Å². The van der Waals surface area contributed by atoms with Gasteiger partial charge in [-0.3, -0.25) is 4.21 Å². The van der Waals surface area contributed by atoms with E-state index >= 15 is 0 Å². The van der Waals surface area contributed by atoms with Gasteiger partial charge in [0.25, 0.3) is 0 Å². The van der Waals surface area contributed by atoms with Crippen LogP contribution >= 0.6 is 0 Å². The van der Waals surface area contributed by atoms with Crippen LogP contribution in [0.3, 0.4) is 0 Å². The van der Waals surface area contributed by atoms with Gasteiger partial charge in [-0.25, -0.2) is 5.84 Å². The Bertz CT molecular complexity index is 416. The fourth-order valence-corrected chi connectivity index (χ4v) is 3.06. The number of hydrazine groups is 1. The maximum atomic E-state index is 11.2. The van der Waals surface area contributed by atoms with E-state index in [0.29, 0.717) is 11.6 Å². The van der Waals surface area contributed by atoms with Gasteiger partial charge in [0, 0.05) is 34.4 Å². The predicted molar refractivity (Wildman–Crippen MR) is 68.8 cm³/mol. The molecule has 2 rings (SSSR count). The lowest BCUT2D eigenvalue weighted by Gasteiger charge is -2.23. The zero-order valence-electron chi connectivity index (χ0n) is 9.35. The third kappa shape index (κ3) is 3.27. The highest BCUT2D eigenvalue weighted by molar-refractivity contribution is 7.85. The largest absolute Gasteiger partial charge is 0.368 e. The molecule has 94 valence electrons. The van der Waals surface area contributed by atoms with E-state index < -0.39 is 10.8 Å². The molecule has 0 saturated carbocycles. The molecule has 1 aliphatic heterocycles. The lowest BCUT2D eigenvalue weighted by molar-refractivity contribution is 0.622. The van der Waals surface area contributed by atoms with Crippen molar-refractivity contribution in [3.8, 4) is 0 Å². The van der Waals surface area contributed by atoms with E-state index in [1.807, 2.05) is 0 Å². The third-order valence-corrected chi connectivity index (χ3v) is 4.01. The summed E-state index contributed by atoms with van der Waals surface area (Å²) in [7, 11) is -0.659. The summed E-state index contributed by atoms with van der Waals surface area (Å²) in [4.78, 5) is 7.98. The van der Waals surface area contributed by atoms with Crippen molar-refractivity contribution >= 4 is 28.4 Å². The third-order valence-electron chi connectivity index (χ3n) is 2.63. The zero-order valence-corrected chi connectivity index (χ0v) is 10.2. The Morgan fingerprint density at radius 3 is 2.59 bits per heavy atom. The molecule has 7 nitrogen and oxygen atoms in total. The summed E-state index contributed by atoms with van der Waals surface area (Å²) in [6.07, 6.45) is 1.75. The molecule has 6 N–H and O–H groups in total. The highest BCUT2D eigenvalue weighted by Crippen LogP contribution is 2.17. The Morgan fingerprint density at radius 1 is 1.29 bits per heavy atom. The summed E-state index contributed by atoms with van der Waals surface area (Å²) < 4.78 is 11.2. The minimum Gasteiger partial charge on any atom is -0.368 e. The van der Waals surface area contributed by atoms with Crippen molar-refractivity contribution in [3.63, 3.8) is 0 Å². The Morgan fingerprint density at radius 2 is 1.94 bits per heavy atom. The van der Waals surface area contributed by atoms with Crippen LogP contribution in [-0.4, -0.2) is 31.7 Å². The Hall–Kier alpha value is -1.41. The highest BCUT2D eigenvalue weighted by atomic mass is 32.2. The second kappa shape index (κ2) is 5.28. The van der Waals surface area contributed by atoms with Crippen LogP contribution in [0.15, 0.2) is 6.07 Å². The summed E-state index contributed by atoms with van der Waals surface area (Å²) in [6, 6.07) is 1.98. The zero-order chi connectivity index (χ0) is 12.3. The van der Waals surface area contributed by atoms with Crippen LogP contribution < -0.4 is 22.3 Å². The molecule has 0 aromatic carbocycles. The topological polar surface area (TPSA) is 119 Å². The fraction of sp³-hybridized carbons (Fsp3) is 0.556. The SMILES string of the molecule is NNc1cc(NC2CCS(=O)CC2)nc(N)n1. The van der Waals surface area contributed by atoms with Crippen LogP contribution in [0.1, 0.15) is 12.8 Å². The number of rotatable bonds is 3. The van der Waals surface area contributed by atoms with Crippen LogP contribution in [0.4, 0.5) is 17.6 Å². The summed E-state index contributed by atoms with van der Waals surface area (Å²) in [5.74, 6) is 8.03. The Labute approximate surface area is 102 Å². The van der Waals surface area contributed by atoms with Crippen molar-refractivity contribution in [2.45, 2.75) is 18.9 Å². The number of aromatic nitrogens is 2. The monoisotopic (exact) mass is 256 g/mol. The van der Waals surface area contributed by atoms with Gasteiger partial charge < -0.3 is 16.5 Å². The first kappa shape index (κ1) is 12.1. The number of nitrogen functional groups attached to an aromatic ring is 2. The number of anilines is 3. The normalized spacial score (nSPS) is 24.3. The van der Waals surface area contributed by atoms with Crippen LogP contribution in [0, 0.1) is 0 Å². The van der Waals surface area contributed by atoms with Crippen molar-refractivity contribution in [1.29, 1.82) is 0 Å². The molecule has 1 aromatic rings. The number of hydrogen-bond acceptors (Lipinski definition) is 7. The second-order valence-electron chi connectivity index (χ2n) is 3.91. The molecule has 0 amide bonds. The quantitative estimate of drug-likeness (QED) is 0.432. The Balaban J connectivity index is 2.02. The fourth-order valence-electron chi connectivity index (χ4n) is 1.76. The van der Waals surface area contributed by atoms with Crippen molar-refractivity contribution in [3.05, 3.63) is 6.07 Å². The summed E-state index contributed by atoms with van der Waals surface area (Å²) in [5.41, 5.74) is 7.99. The molecule has 1 aliphatic rings. The number of nitrogens with one attached hydrogen (secondary N) is 2. The molecule has 0 bridgehead atoms. The van der Waals surface area contributed by atoms with E-state index in [4.69, 9.17) is 11.6 Å². The van der Waals surface area contributed by atoms with Gasteiger partial charge in [0.1, 0.15) is 11.6 Å². The van der Waals surface area contributed by atoms with Crippen LogP contribution in [0.25, 0.3) is 0 Å². The second-order valence-corrected chi connectivity index (χ2v) is 5.60. The minimum absolute atomic E-state index is 0.169. The maximum absolute atomic E-state index is 11.2. The van der Waals surface area contributed by atoms with Gasteiger partial charge in [-0.2, -0.15) is 9.97 Å². The van der Waals surface area contributed by atoms with E-state index in [1.165, 1.54) is 0 Å². The van der Waals surface area contributed by atoms with E-state index in [1.54, 1.807) is 6.07 Å². The first-order valence-corrected chi connectivity index (χ1v) is 6.89. The Kier molecular flexibility index (Phi) is 3.75.